The molecule has 3 nitrogen and oxygen atoms in total. The SMILES string of the molecule is c1ccc2c(c1)c1ccccc1c1cc(-n3c4ccnc5oc6ccc7sc8cccc3c8c7c6c54)ccc21. The third-order valence-electron chi connectivity index (χ3n) is 8.42. The molecule has 6 aromatic carbocycles. The van der Waals surface area contributed by atoms with Crippen molar-refractivity contribution < 1.29 is 4.42 Å². The molecule has 0 spiro atoms. The van der Waals surface area contributed by atoms with Gasteiger partial charge in [0.25, 0.3) is 0 Å². The lowest BCUT2D eigenvalue weighted by molar-refractivity contribution is 0.654. The van der Waals surface area contributed by atoms with Gasteiger partial charge >= 0.3 is 0 Å². The average molecular weight is 515 g/mol. The summed E-state index contributed by atoms with van der Waals surface area (Å²) in [6, 6.07) is 37.5. The Morgan fingerprint density at radius 3 is 2.03 bits per heavy atom. The molecule has 180 valence electrons. The molecule has 0 aliphatic heterocycles. The molecule has 0 aliphatic carbocycles. The molecule has 0 N–H and O–H groups in total. The van der Waals surface area contributed by atoms with Crippen LogP contribution in [0.15, 0.2) is 114 Å². The highest BCUT2D eigenvalue weighted by Crippen LogP contribution is 2.47. The number of nitrogens with zero attached hydrogens (tertiary/aromatic N) is 2. The zero-order valence-corrected chi connectivity index (χ0v) is 21.4. The van der Waals surface area contributed by atoms with Gasteiger partial charge in [0, 0.05) is 37.4 Å². The minimum absolute atomic E-state index is 0.685. The molecule has 4 heteroatoms. The first-order chi connectivity index (χ1) is 19.3. The van der Waals surface area contributed by atoms with Crippen LogP contribution in [0.2, 0.25) is 0 Å². The summed E-state index contributed by atoms with van der Waals surface area (Å²) in [7, 11) is 0. The van der Waals surface area contributed by atoms with Crippen molar-refractivity contribution in [1.82, 2.24) is 9.55 Å². The van der Waals surface area contributed by atoms with Crippen LogP contribution >= 0.6 is 11.3 Å². The summed E-state index contributed by atoms with van der Waals surface area (Å²) in [6.45, 7) is 0. The van der Waals surface area contributed by atoms with E-state index in [4.69, 9.17) is 4.42 Å². The molecule has 0 amide bonds. The summed E-state index contributed by atoms with van der Waals surface area (Å²) in [4.78, 5) is 4.66. The third-order valence-corrected chi connectivity index (χ3v) is 9.54. The van der Waals surface area contributed by atoms with E-state index in [1.165, 1.54) is 63.4 Å². The Kier molecular flexibility index (Phi) is 3.57. The van der Waals surface area contributed by atoms with E-state index in [0.29, 0.717) is 5.71 Å². The number of thiophene rings is 1. The highest BCUT2D eigenvalue weighted by Gasteiger charge is 2.22. The summed E-state index contributed by atoms with van der Waals surface area (Å²) in [5.41, 5.74) is 5.00. The van der Waals surface area contributed by atoms with Crippen molar-refractivity contribution >= 4 is 96.9 Å². The number of hydrogen-bond donors (Lipinski definition) is 0. The van der Waals surface area contributed by atoms with Crippen LogP contribution in [0.4, 0.5) is 0 Å². The fourth-order valence-corrected chi connectivity index (χ4v) is 8.00. The van der Waals surface area contributed by atoms with E-state index in [2.05, 4.69) is 113 Å². The van der Waals surface area contributed by atoms with E-state index in [1.807, 2.05) is 17.5 Å². The molecule has 4 aromatic heterocycles. The summed E-state index contributed by atoms with van der Waals surface area (Å²) >= 11 is 1.85. The Labute approximate surface area is 225 Å². The standard InChI is InChI=1S/C35H18N2OS/c1-2-8-22-20(6-1)21-7-3-4-9-23(21)25-18-19(12-13-24(22)25)37-26-10-5-11-29-31(26)34-30(39-29)15-14-28-33(34)32-27(37)16-17-36-35(32)38-28/h1-18H. The van der Waals surface area contributed by atoms with Crippen molar-refractivity contribution in [1.29, 1.82) is 0 Å². The first-order valence-corrected chi connectivity index (χ1v) is 14.0. The van der Waals surface area contributed by atoms with Crippen molar-refractivity contribution in [3.8, 4) is 5.69 Å². The molecule has 39 heavy (non-hydrogen) atoms. The zero-order chi connectivity index (χ0) is 25.2. The van der Waals surface area contributed by atoms with Gasteiger partial charge in [0.2, 0.25) is 5.71 Å². The number of hydrogen-bond acceptors (Lipinski definition) is 3. The molecular formula is C35H18N2OS. The summed E-state index contributed by atoms with van der Waals surface area (Å²) in [5, 5.41) is 12.5. The maximum absolute atomic E-state index is 6.32. The quantitative estimate of drug-likeness (QED) is 0.204. The van der Waals surface area contributed by atoms with Gasteiger partial charge in [0.15, 0.2) is 0 Å². The summed E-state index contributed by atoms with van der Waals surface area (Å²) in [6.07, 6.45) is 1.87. The smallest absolute Gasteiger partial charge is 0.229 e. The Hall–Kier alpha value is -4.93. The van der Waals surface area contributed by atoms with Crippen LogP contribution in [0.25, 0.3) is 91.3 Å². The fourth-order valence-electron chi connectivity index (χ4n) is 6.87. The molecule has 0 aliphatic rings. The molecular weight excluding hydrogens is 496 g/mol. The molecule has 0 fully saturated rings. The van der Waals surface area contributed by atoms with Crippen molar-refractivity contribution in [3.05, 3.63) is 109 Å². The average Bonchev–Trinajstić information content (AvgIpc) is 3.52. The Bertz CT molecular complexity index is 2480. The lowest BCUT2D eigenvalue weighted by Crippen LogP contribution is -1.97. The predicted octanol–water partition coefficient (Wildman–Crippen LogP) is 10.2. The van der Waals surface area contributed by atoms with Gasteiger partial charge < -0.3 is 8.98 Å². The van der Waals surface area contributed by atoms with Crippen LogP contribution in [0.5, 0.6) is 0 Å². The molecule has 0 bridgehead atoms. The first kappa shape index (κ1) is 20.1. The Balaban J connectivity index is 1.47. The van der Waals surface area contributed by atoms with Crippen molar-refractivity contribution in [2.24, 2.45) is 0 Å². The monoisotopic (exact) mass is 514 g/mol. The second-order valence-electron chi connectivity index (χ2n) is 10.3. The predicted molar refractivity (Wildman–Crippen MR) is 165 cm³/mol. The Morgan fingerprint density at radius 1 is 0.538 bits per heavy atom. The molecule has 0 atom stereocenters. The van der Waals surface area contributed by atoms with E-state index in [-0.39, 0.29) is 0 Å². The van der Waals surface area contributed by atoms with Crippen LogP contribution in [-0.4, -0.2) is 9.55 Å². The molecule has 10 rings (SSSR count). The Morgan fingerprint density at radius 2 is 1.23 bits per heavy atom. The lowest BCUT2D eigenvalue weighted by atomic mass is 9.94. The van der Waals surface area contributed by atoms with E-state index in [9.17, 15) is 0 Å². The van der Waals surface area contributed by atoms with Crippen LogP contribution < -0.4 is 0 Å². The number of benzene rings is 6. The number of pyridine rings is 1. The van der Waals surface area contributed by atoms with E-state index >= 15 is 0 Å². The topological polar surface area (TPSA) is 31.0 Å². The molecule has 0 saturated heterocycles. The number of furan rings is 1. The van der Waals surface area contributed by atoms with Gasteiger partial charge in [0.1, 0.15) is 5.58 Å². The fraction of sp³-hybridized carbons (Fsp3) is 0. The highest BCUT2D eigenvalue weighted by molar-refractivity contribution is 7.26. The second-order valence-corrected chi connectivity index (χ2v) is 11.4. The summed E-state index contributed by atoms with van der Waals surface area (Å²) in [5.74, 6) is 0. The van der Waals surface area contributed by atoms with Crippen molar-refractivity contribution in [2.45, 2.75) is 0 Å². The van der Waals surface area contributed by atoms with Gasteiger partial charge in [0.05, 0.1) is 16.4 Å². The van der Waals surface area contributed by atoms with Crippen molar-refractivity contribution in [3.63, 3.8) is 0 Å². The lowest BCUT2D eigenvalue weighted by Gasteiger charge is -2.15. The second kappa shape index (κ2) is 6.93. The van der Waals surface area contributed by atoms with Gasteiger partial charge in [-0.2, -0.15) is 0 Å². The molecule has 0 unspecified atom stereocenters. The normalized spacial score (nSPS) is 12.6. The van der Waals surface area contributed by atoms with Gasteiger partial charge in [-0.15, -0.1) is 11.3 Å². The third kappa shape index (κ3) is 2.41. The largest absolute Gasteiger partial charge is 0.438 e. The van der Waals surface area contributed by atoms with E-state index < -0.39 is 0 Å². The van der Waals surface area contributed by atoms with Gasteiger partial charge in [-0.1, -0.05) is 60.7 Å². The summed E-state index contributed by atoms with van der Waals surface area (Å²) < 4.78 is 11.3. The van der Waals surface area contributed by atoms with Crippen molar-refractivity contribution in [2.75, 3.05) is 0 Å². The van der Waals surface area contributed by atoms with Crippen LogP contribution in [-0.2, 0) is 0 Å². The number of rotatable bonds is 1. The molecule has 0 radical (unpaired) electrons. The van der Waals surface area contributed by atoms with Crippen LogP contribution in [0.1, 0.15) is 0 Å². The van der Waals surface area contributed by atoms with E-state index in [1.54, 1.807) is 0 Å². The van der Waals surface area contributed by atoms with Crippen LogP contribution in [0.3, 0.4) is 0 Å². The maximum Gasteiger partial charge on any atom is 0.229 e. The number of fused-ring (bicyclic) bond motifs is 6. The van der Waals surface area contributed by atoms with Gasteiger partial charge in [-0.05, 0) is 74.8 Å². The van der Waals surface area contributed by atoms with Gasteiger partial charge in [-0.25, -0.2) is 4.98 Å². The van der Waals surface area contributed by atoms with E-state index in [0.717, 1.165) is 22.2 Å². The minimum atomic E-state index is 0.685. The zero-order valence-electron chi connectivity index (χ0n) is 20.6. The minimum Gasteiger partial charge on any atom is -0.438 e. The first-order valence-electron chi connectivity index (χ1n) is 13.1. The molecule has 4 heterocycles. The maximum atomic E-state index is 6.32. The van der Waals surface area contributed by atoms with Crippen LogP contribution in [0, 0.1) is 0 Å². The van der Waals surface area contributed by atoms with Gasteiger partial charge in [-0.3, -0.25) is 0 Å². The molecule has 10 aromatic rings. The highest BCUT2D eigenvalue weighted by atomic mass is 32.1. The number of aromatic nitrogens is 2. The molecule has 0 saturated carbocycles.